The van der Waals surface area contributed by atoms with Crippen molar-refractivity contribution in [3.05, 3.63) is 64.7 Å². The minimum absolute atomic E-state index is 0.259. The third-order valence-electron chi connectivity index (χ3n) is 3.21. The summed E-state index contributed by atoms with van der Waals surface area (Å²) in [5.41, 5.74) is 2.68. The van der Waals surface area contributed by atoms with Crippen LogP contribution in [0, 0.1) is 6.92 Å². The Bertz CT molecular complexity index is 758. The maximum atomic E-state index is 9.79. The third kappa shape index (κ3) is 2.91. The number of alkyl halides is 1. The first-order valence-electron chi connectivity index (χ1n) is 6.47. The fourth-order valence-corrected chi connectivity index (χ4v) is 3.13. The third-order valence-corrected chi connectivity index (χ3v) is 4.83. The molecule has 0 radical (unpaired) electrons. The van der Waals surface area contributed by atoms with Crippen LogP contribution < -0.4 is 0 Å². The lowest BCUT2D eigenvalue weighted by Gasteiger charge is -2.04. The zero-order chi connectivity index (χ0) is 14.8. The van der Waals surface area contributed by atoms with E-state index in [4.69, 9.17) is 11.6 Å². The molecule has 0 fully saturated rings. The maximum absolute atomic E-state index is 9.79. The van der Waals surface area contributed by atoms with Gasteiger partial charge in [0.05, 0.1) is 0 Å². The number of aromatic hydroxyl groups is 1. The lowest BCUT2D eigenvalue weighted by atomic mass is 10.1. The first kappa shape index (κ1) is 14.0. The number of phenolic OH excluding ortho intramolecular Hbond substituents is 1. The number of rotatable bonds is 3. The molecule has 0 aliphatic carbocycles. The summed E-state index contributed by atoms with van der Waals surface area (Å²) < 4.78 is 0. The average molecular weight is 317 g/mol. The van der Waals surface area contributed by atoms with Gasteiger partial charge in [-0.25, -0.2) is 0 Å². The Kier molecular flexibility index (Phi) is 3.90. The van der Waals surface area contributed by atoms with Crippen LogP contribution >= 0.6 is 22.9 Å². The number of aromatic nitrogens is 2. The summed E-state index contributed by atoms with van der Waals surface area (Å²) in [6, 6.07) is 15.3. The summed E-state index contributed by atoms with van der Waals surface area (Å²) in [6.07, 6.45) is 0. The van der Waals surface area contributed by atoms with Gasteiger partial charge in [0.2, 0.25) is 0 Å². The molecule has 2 aromatic carbocycles. The molecule has 3 aromatic rings. The Labute approximate surface area is 131 Å². The zero-order valence-corrected chi connectivity index (χ0v) is 12.9. The van der Waals surface area contributed by atoms with E-state index in [-0.39, 0.29) is 11.1 Å². The first-order chi connectivity index (χ1) is 10.1. The molecule has 0 spiro atoms. The van der Waals surface area contributed by atoms with Gasteiger partial charge >= 0.3 is 0 Å². The highest BCUT2D eigenvalue weighted by Gasteiger charge is 2.17. The maximum Gasteiger partial charge on any atom is 0.147 e. The highest BCUT2D eigenvalue weighted by molar-refractivity contribution is 7.15. The minimum Gasteiger partial charge on any atom is -0.508 e. The van der Waals surface area contributed by atoms with Gasteiger partial charge in [0, 0.05) is 5.56 Å². The second-order valence-corrected chi connectivity index (χ2v) is 6.17. The largest absolute Gasteiger partial charge is 0.508 e. The van der Waals surface area contributed by atoms with Crippen molar-refractivity contribution in [2.24, 2.45) is 0 Å². The Morgan fingerprint density at radius 3 is 2.57 bits per heavy atom. The van der Waals surface area contributed by atoms with Crippen molar-refractivity contribution in [1.29, 1.82) is 0 Å². The second kappa shape index (κ2) is 5.84. The van der Waals surface area contributed by atoms with E-state index in [1.807, 2.05) is 49.4 Å². The summed E-state index contributed by atoms with van der Waals surface area (Å²) in [4.78, 5) is 0. The van der Waals surface area contributed by atoms with Gasteiger partial charge in [0.15, 0.2) is 0 Å². The molecule has 1 heterocycles. The Hall–Kier alpha value is -1.91. The van der Waals surface area contributed by atoms with Crippen LogP contribution in [0.1, 0.15) is 21.5 Å². The van der Waals surface area contributed by atoms with Crippen LogP contribution in [0.15, 0.2) is 48.5 Å². The molecule has 0 aliphatic rings. The van der Waals surface area contributed by atoms with Crippen LogP contribution in [0.5, 0.6) is 5.75 Å². The van der Waals surface area contributed by atoms with Crippen molar-refractivity contribution in [3.8, 4) is 16.3 Å². The number of phenols is 1. The molecule has 0 saturated carbocycles. The average Bonchev–Trinajstić information content (AvgIpc) is 3.00. The van der Waals surface area contributed by atoms with Gasteiger partial charge in [-0.1, -0.05) is 53.8 Å². The zero-order valence-electron chi connectivity index (χ0n) is 11.3. The van der Waals surface area contributed by atoms with Crippen molar-refractivity contribution < 1.29 is 5.11 Å². The fraction of sp³-hybridized carbons (Fsp3) is 0.125. The SMILES string of the molecule is Cc1ccc(-c2nnc(C(Cl)c3ccccc3)s2)cc1O. The number of hydrogen-bond acceptors (Lipinski definition) is 4. The summed E-state index contributed by atoms with van der Waals surface area (Å²) in [5, 5.41) is 19.3. The van der Waals surface area contributed by atoms with E-state index >= 15 is 0 Å². The number of halogens is 1. The highest BCUT2D eigenvalue weighted by Crippen LogP contribution is 2.35. The molecule has 3 rings (SSSR count). The van der Waals surface area contributed by atoms with Crippen molar-refractivity contribution in [1.82, 2.24) is 10.2 Å². The van der Waals surface area contributed by atoms with E-state index < -0.39 is 0 Å². The molecule has 1 atom stereocenters. The van der Waals surface area contributed by atoms with E-state index in [2.05, 4.69) is 10.2 Å². The van der Waals surface area contributed by atoms with Crippen LogP contribution in [-0.2, 0) is 0 Å². The molecule has 1 unspecified atom stereocenters. The molecule has 0 bridgehead atoms. The van der Waals surface area contributed by atoms with Crippen LogP contribution in [0.3, 0.4) is 0 Å². The van der Waals surface area contributed by atoms with Gasteiger partial charge in [-0.15, -0.1) is 21.8 Å². The summed E-state index contributed by atoms with van der Waals surface area (Å²) in [5.74, 6) is 0.259. The Morgan fingerprint density at radius 1 is 1.10 bits per heavy atom. The predicted molar refractivity (Wildman–Crippen MR) is 85.9 cm³/mol. The van der Waals surface area contributed by atoms with Crippen LogP contribution in [0.2, 0.25) is 0 Å². The van der Waals surface area contributed by atoms with Gasteiger partial charge in [-0.3, -0.25) is 0 Å². The van der Waals surface area contributed by atoms with E-state index in [0.717, 1.165) is 26.7 Å². The molecule has 0 amide bonds. The standard InChI is InChI=1S/C16H13ClN2OS/c1-10-7-8-12(9-13(10)20)15-18-19-16(21-15)14(17)11-5-3-2-4-6-11/h2-9,14,20H,1H3. The monoisotopic (exact) mass is 316 g/mol. The first-order valence-corrected chi connectivity index (χ1v) is 7.73. The van der Waals surface area contributed by atoms with Crippen molar-refractivity contribution in [2.75, 3.05) is 0 Å². The van der Waals surface area contributed by atoms with E-state index in [1.165, 1.54) is 11.3 Å². The second-order valence-electron chi connectivity index (χ2n) is 4.72. The van der Waals surface area contributed by atoms with Crippen LogP contribution in [0.4, 0.5) is 0 Å². The summed E-state index contributed by atoms with van der Waals surface area (Å²) >= 11 is 7.89. The van der Waals surface area contributed by atoms with Crippen molar-refractivity contribution in [2.45, 2.75) is 12.3 Å². The van der Waals surface area contributed by atoms with Gasteiger partial charge in [0.1, 0.15) is 21.1 Å². The molecule has 3 nitrogen and oxygen atoms in total. The minimum atomic E-state index is -0.309. The molecular formula is C16H13ClN2OS. The molecule has 1 N–H and O–H groups in total. The normalized spacial score (nSPS) is 12.3. The van der Waals surface area contributed by atoms with Gasteiger partial charge < -0.3 is 5.11 Å². The van der Waals surface area contributed by atoms with Crippen molar-refractivity contribution >= 4 is 22.9 Å². The van der Waals surface area contributed by atoms with E-state index in [1.54, 1.807) is 6.07 Å². The quantitative estimate of drug-likeness (QED) is 0.721. The number of hydrogen-bond donors (Lipinski definition) is 1. The molecule has 106 valence electrons. The number of benzene rings is 2. The van der Waals surface area contributed by atoms with Crippen molar-refractivity contribution in [3.63, 3.8) is 0 Å². The van der Waals surface area contributed by atoms with E-state index in [9.17, 15) is 5.11 Å². The van der Waals surface area contributed by atoms with Crippen LogP contribution in [0.25, 0.3) is 10.6 Å². The lowest BCUT2D eigenvalue weighted by Crippen LogP contribution is -1.91. The smallest absolute Gasteiger partial charge is 0.147 e. The molecule has 1 aromatic heterocycles. The highest BCUT2D eigenvalue weighted by atomic mass is 35.5. The van der Waals surface area contributed by atoms with E-state index in [0.29, 0.717) is 0 Å². The molecule has 21 heavy (non-hydrogen) atoms. The number of nitrogens with zero attached hydrogens (tertiary/aromatic N) is 2. The molecular weight excluding hydrogens is 304 g/mol. The van der Waals surface area contributed by atoms with Gasteiger partial charge in [-0.2, -0.15) is 0 Å². The summed E-state index contributed by atoms with van der Waals surface area (Å²) in [6.45, 7) is 1.86. The van der Waals surface area contributed by atoms with Gasteiger partial charge in [0.25, 0.3) is 0 Å². The molecule has 0 saturated heterocycles. The Balaban J connectivity index is 1.91. The number of aryl methyl sites for hydroxylation is 1. The summed E-state index contributed by atoms with van der Waals surface area (Å²) in [7, 11) is 0. The fourth-order valence-electron chi connectivity index (χ4n) is 1.96. The van der Waals surface area contributed by atoms with Crippen LogP contribution in [-0.4, -0.2) is 15.3 Å². The molecule has 0 aliphatic heterocycles. The molecule has 5 heteroatoms. The van der Waals surface area contributed by atoms with Gasteiger partial charge in [-0.05, 0) is 24.1 Å². The lowest BCUT2D eigenvalue weighted by molar-refractivity contribution is 0.471. The predicted octanol–water partition coefficient (Wildman–Crippen LogP) is 4.55. The Morgan fingerprint density at radius 2 is 1.86 bits per heavy atom. The topological polar surface area (TPSA) is 46.0 Å².